The van der Waals surface area contributed by atoms with E-state index in [2.05, 4.69) is 11.4 Å². The maximum Gasteiger partial charge on any atom is 0.253 e. The monoisotopic (exact) mass is 243 g/mol. The highest BCUT2D eigenvalue weighted by Gasteiger charge is 2.23. The van der Waals surface area contributed by atoms with Gasteiger partial charge in [-0.2, -0.15) is 5.26 Å². The Balaban J connectivity index is 2.33. The van der Waals surface area contributed by atoms with Gasteiger partial charge in [-0.25, -0.2) is 0 Å². The van der Waals surface area contributed by atoms with Crippen LogP contribution in [0, 0.1) is 11.3 Å². The van der Waals surface area contributed by atoms with E-state index in [-0.39, 0.29) is 5.91 Å². The van der Waals surface area contributed by atoms with Crippen LogP contribution in [0.3, 0.4) is 0 Å². The largest absolute Gasteiger partial charge is 0.368 e. The molecule has 0 aliphatic carbocycles. The van der Waals surface area contributed by atoms with E-state index in [0.29, 0.717) is 0 Å². The van der Waals surface area contributed by atoms with Crippen molar-refractivity contribution in [2.75, 3.05) is 18.9 Å². The first-order valence-electron chi connectivity index (χ1n) is 6.01. The van der Waals surface area contributed by atoms with E-state index in [1.54, 1.807) is 18.7 Å². The standard InChI is InChI=1S/C14H17N3O/c1-14(2,9-15)16-11-5-4-10-6-7-17(3)13(18)12(10)8-11/h4-5,8,16H,6-7H2,1-3H3. The van der Waals surface area contributed by atoms with E-state index in [9.17, 15) is 4.79 Å². The van der Waals surface area contributed by atoms with Crippen LogP contribution < -0.4 is 5.32 Å². The van der Waals surface area contributed by atoms with E-state index in [0.717, 1.165) is 29.8 Å². The Morgan fingerprint density at radius 1 is 1.44 bits per heavy atom. The van der Waals surface area contributed by atoms with Gasteiger partial charge in [0.25, 0.3) is 5.91 Å². The Labute approximate surface area is 107 Å². The van der Waals surface area contributed by atoms with Crippen molar-refractivity contribution in [1.29, 1.82) is 5.26 Å². The summed E-state index contributed by atoms with van der Waals surface area (Å²) in [5.41, 5.74) is 1.99. The molecule has 0 saturated carbocycles. The summed E-state index contributed by atoms with van der Waals surface area (Å²) >= 11 is 0. The number of hydrogen-bond acceptors (Lipinski definition) is 3. The number of hydrogen-bond donors (Lipinski definition) is 1. The molecule has 94 valence electrons. The second-order valence-electron chi connectivity index (χ2n) is 5.21. The van der Waals surface area contributed by atoms with Crippen LogP contribution in [0.15, 0.2) is 18.2 Å². The SMILES string of the molecule is CN1CCc2ccc(NC(C)(C)C#N)cc2C1=O. The molecule has 1 aliphatic heterocycles. The molecule has 0 spiro atoms. The fourth-order valence-electron chi connectivity index (χ4n) is 2.06. The minimum atomic E-state index is -0.641. The lowest BCUT2D eigenvalue weighted by atomic mass is 9.98. The third-order valence-electron chi connectivity index (χ3n) is 3.14. The van der Waals surface area contributed by atoms with Crippen LogP contribution in [0.2, 0.25) is 0 Å². The number of carbonyl (C=O) groups excluding carboxylic acids is 1. The van der Waals surface area contributed by atoms with Crippen molar-refractivity contribution in [1.82, 2.24) is 4.90 Å². The van der Waals surface area contributed by atoms with Gasteiger partial charge in [-0.1, -0.05) is 6.07 Å². The number of benzene rings is 1. The molecule has 1 heterocycles. The summed E-state index contributed by atoms with van der Waals surface area (Å²) in [6, 6.07) is 7.92. The zero-order valence-corrected chi connectivity index (χ0v) is 10.9. The molecular formula is C14H17N3O. The highest BCUT2D eigenvalue weighted by molar-refractivity contribution is 5.97. The minimum Gasteiger partial charge on any atom is -0.368 e. The second-order valence-corrected chi connectivity index (χ2v) is 5.21. The first-order chi connectivity index (χ1) is 8.43. The predicted molar refractivity (Wildman–Crippen MR) is 70.4 cm³/mol. The summed E-state index contributed by atoms with van der Waals surface area (Å²) in [6.07, 6.45) is 0.888. The normalized spacial score (nSPS) is 15.0. The maximum absolute atomic E-state index is 12.0. The maximum atomic E-state index is 12.0. The van der Waals surface area contributed by atoms with Crippen LogP contribution >= 0.6 is 0 Å². The Kier molecular flexibility index (Phi) is 3.00. The molecule has 4 heteroatoms. The number of rotatable bonds is 2. The van der Waals surface area contributed by atoms with Gasteiger partial charge in [0.1, 0.15) is 5.54 Å². The third kappa shape index (κ3) is 2.30. The van der Waals surface area contributed by atoms with E-state index >= 15 is 0 Å². The first-order valence-corrected chi connectivity index (χ1v) is 6.01. The van der Waals surface area contributed by atoms with Crippen LogP contribution in [0.5, 0.6) is 0 Å². The van der Waals surface area contributed by atoms with Crippen molar-refractivity contribution >= 4 is 11.6 Å². The van der Waals surface area contributed by atoms with Crippen LogP contribution in [-0.4, -0.2) is 29.9 Å². The van der Waals surface area contributed by atoms with Gasteiger partial charge in [0, 0.05) is 24.8 Å². The van der Waals surface area contributed by atoms with E-state index in [1.165, 1.54) is 0 Å². The van der Waals surface area contributed by atoms with Crippen molar-refractivity contribution < 1.29 is 4.79 Å². The second kappa shape index (κ2) is 4.34. The molecule has 4 nitrogen and oxygen atoms in total. The lowest BCUT2D eigenvalue weighted by molar-refractivity contribution is 0.0781. The first kappa shape index (κ1) is 12.4. The molecule has 0 bridgehead atoms. The van der Waals surface area contributed by atoms with E-state index in [1.807, 2.05) is 25.2 Å². The Morgan fingerprint density at radius 2 is 2.17 bits per heavy atom. The molecular weight excluding hydrogens is 226 g/mol. The highest BCUT2D eigenvalue weighted by Crippen LogP contribution is 2.23. The van der Waals surface area contributed by atoms with Crippen molar-refractivity contribution in [3.63, 3.8) is 0 Å². The molecule has 0 radical (unpaired) electrons. The van der Waals surface area contributed by atoms with Gasteiger partial charge in [-0.3, -0.25) is 4.79 Å². The summed E-state index contributed by atoms with van der Waals surface area (Å²) in [7, 11) is 1.81. The molecule has 0 fully saturated rings. The summed E-state index contributed by atoms with van der Waals surface area (Å²) in [4.78, 5) is 13.8. The van der Waals surface area contributed by atoms with Crippen LogP contribution in [0.25, 0.3) is 0 Å². The lowest BCUT2D eigenvalue weighted by Crippen LogP contribution is -2.34. The topological polar surface area (TPSA) is 56.1 Å². The molecule has 2 rings (SSSR count). The van der Waals surface area contributed by atoms with Crippen molar-refractivity contribution in [3.8, 4) is 6.07 Å². The molecule has 18 heavy (non-hydrogen) atoms. The van der Waals surface area contributed by atoms with Gasteiger partial charge in [0.2, 0.25) is 0 Å². The molecule has 1 amide bonds. The lowest BCUT2D eigenvalue weighted by Gasteiger charge is -2.26. The molecule has 0 unspecified atom stereocenters. The highest BCUT2D eigenvalue weighted by atomic mass is 16.2. The van der Waals surface area contributed by atoms with Gasteiger partial charge in [-0.15, -0.1) is 0 Å². The molecule has 0 saturated heterocycles. The number of fused-ring (bicyclic) bond motifs is 1. The van der Waals surface area contributed by atoms with Crippen LogP contribution in [0.4, 0.5) is 5.69 Å². The number of nitrogens with zero attached hydrogens (tertiary/aromatic N) is 2. The fraction of sp³-hybridized carbons (Fsp3) is 0.429. The number of nitrogens with one attached hydrogen (secondary N) is 1. The molecule has 1 aromatic carbocycles. The summed E-state index contributed by atoms with van der Waals surface area (Å²) in [5, 5.41) is 12.1. The Morgan fingerprint density at radius 3 is 2.83 bits per heavy atom. The van der Waals surface area contributed by atoms with Crippen LogP contribution in [0.1, 0.15) is 29.8 Å². The number of carbonyl (C=O) groups is 1. The Hall–Kier alpha value is -2.02. The van der Waals surface area contributed by atoms with E-state index < -0.39 is 5.54 Å². The van der Waals surface area contributed by atoms with Gasteiger partial charge in [0.05, 0.1) is 6.07 Å². The molecule has 0 aromatic heterocycles. The van der Waals surface area contributed by atoms with Gasteiger partial charge in [-0.05, 0) is 38.0 Å². The summed E-state index contributed by atoms with van der Waals surface area (Å²) in [6.45, 7) is 4.38. The predicted octanol–water partition coefficient (Wildman–Crippen LogP) is 2.03. The number of likely N-dealkylation sites (N-methyl/N-ethyl adjacent to an activating group) is 1. The average Bonchev–Trinajstić information content (AvgIpc) is 2.34. The molecule has 0 atom stereocenters. The van der Waals surface area contributed by atoms with Crippen molar-refractivity contribution in [2.45, 2.75) is 25.8 Å². The fourth-order valence-corrected chi connectivity index (χ4v) is 2.06. The molecule has 1 aliphatic rings. The van der Waals surface area contributed by atoms with Gasteiger partial charge in [0.15, 0.2) is 0 Å². The number of anilines is 1. The third-order valence-corrected chi connectivity index (χ3v) is 3.14. The quantitative estimate of drug-likeness (QED) is 0.864. The summed E-state index contributed by atoms with van der Waals surface area (Å²) < 4.78 is 0. The average molecular weight is 243 g/mol. The number of amides is 1. The van der Waals surface area contributed by atoms with E-state index in [4.69, 9.17) is 5.26 Å². The zero-order chi connectivity index (χ0) is 13.3. The zero-order valence-electron chi connectivity index (χ0n) is 10.9. The Bertz CT molecular complexity index is 528. The molecule has 1 aromatic rings. The van der Waals surface area contributed by atoms with Gasteiger partial charge < -0.3 is 10.2 Å². The van der Waals surface area contributed by atoms with Crippen molar-refractivity contribution in [2.24, 2.45) is 0 Å². The number of nitriles is 1. The molecule has 1 N–H and O–H groups in total. The van der Waals surface area contributed by atoms with Crippen LogP contribution in [-0.2, 0) is 6.42 Å². The van der Waals surface area contributed by atoms with Crippen molar-refractivity contribution in [3.05, 3.63) is 29.3 Å². The van der Waals surface area contributed by atoms with Gasteiger partial charge >= 0.3 is 0 Å². The summed E-state index contributed by atoms with van der Waals surface area (Å²) in [5.74, 6) is 0.0506. The minimum absolute atomic E-state index is 0.0506. The smallest absolute Gasteiger partial charge is 0.253 e.